The number of carboxylic acids is 1. The second-order valence-corrected chi connectivity index (χ2v) is 5.43. The van der Waals surface area contributed by atoms with E-state index in [0.717, 1.165) is 24.8 Å². The molecule has 1 fully saturated rings. The Morgan fingerprint density at radius 3 is 2.52 bits per heavy atom. The highest BCUT2D eigenvalue weighted by Crippen LogP contribution is 2.28. The molecule has 0 saturated heterocycles. The van der Waals surface area contributed by atoms with Crippen LogP contribution in [0.4, 0.5) is 4.79 Å². The van der Waals surface area contributed by atoms with Gasteiger partial charge in [0.2, 0.25) is 0 Å². The van der Waals surface area contributed by atoms with Gasteiger partial charge < -0.3 is 20.8 Å². The fraction of sp³-hybridized carbons (Fsp3) is 0.467. The predicted octanol–water partition coefficient (Wildman–Crippen LogP) is 1.98. The number of hydrogen-bond acceptors (Lipinski definition) is 3. The predicted molar refractivity (Wildman–Crippen MR) is 76.9 cm³/mol. The van der Waals surface area contributed by atoms with Crippen molar-refractivity contribution in [1.82, 2.24) is 10.6 Å². The Kier molecular flexibility index (Phi) is 4.67. The molecule has 0 radical (unpaired) electrons. The molecule has 6 heteroatoms. The number of amides is 2. The van der Waals surface area contributed by atoms with E-state index in [4.69, 9.17) is 0 Å². The largest absolute Gasteiger partial charge is 0.508 e. The van der Waals surface area contributed by atoms with Gasteiger partial charge in [0, 0.05) is 6.54 Å². The number of phenols is 1. The van der Waals surface area contributed by atoms with Crippen LogP contribution >= 0.6 is 0 Å². The maximum Gasteiger partial charge on any atom is 0.329 e. The van der Waals surface area contributed by atoms with Crippen molar-refractivity contribution in [1.29, 1.82) is 0 Å². The molecule has 0 bridgehead atoms. The Bertz CT molecular complexity index is 524. The number of aliphatic carboxylic acids is 1. The first-order chi connectivity index (χ1) is 10.0. The molecule has 1 aliphatic carbocycles. The van der Waals surface area contributed by atoms with Crippen LogP contribution in [0, 0.1) is 0 Å². The van der Waals surface area contributed by atoms with E-state index in [-0.39, 0.29) is 12.3 Å². The number of carbonyl (C=O) groups excluding carboxylic acids is 1. The van der Waals surface area contributed by atoms with Crippen molar-refractivity contribution in [3.63, 3.8) is 0 Å². The Balaban J connectivity index is 1.92. The maximum atomic E-state index is 11.9. The minimum Gasteiger partial charge on any atom is -0.508 e. The van der Waals surface area contributed by atoms with Gasteiger partial charge in [0.1, 0.15) is 11.3 Å². The number of nitrogens with one attached hydrogen (secondary N) is 2. The van der Waals surface area contributed by atoms with Gasteiger partial charge in [0.25, 0.3) is 0 Å². The van der Waals surface area contributed by atoms with Crippen molar-refractivity contribution >= 4 is 12.0 Å². The van der Waals surface area contributed by atoms with E-state index < -0.39 is 17.5 Å². The van der Waals surface area contributed by atoms with Crippen molar-refractivity contribution in [2.24, 2.45) is 0 Å². The summed E-state index contributed by atoms with van der Waals surface area (Å²) in [6.07, 6.45) is 3.53. The summed E-state index contributed by atoms with van der Waals surface area (Å²) in [5.74, 6) is -0.848. The number of benzene rings is 1. The van der Waals surface area contributed by atoms with E-state index in [1.54, 1.807) is 24.3 Å². The zero-order chi connectivity index (χ0) is 15.3. The van der Waals surface area contributed by atoms with Crippen molar-refractivity contribution in [3.05, 3.63) is 29.8 Å². The molecule has 1 saturated carbocycles. The third-order valence-electron chi connectivity index (χ3n) is 3.83. The topological polar surface area (TPSA) is 98.7 Å². The molecule has 2 amide bonds. The van der Waals surface area contributed by atoms with E-state index in [1.165, 1.54) is 0 Å². The van der Waals surface area contributed by atoms with Crippen LogP contribution in [0.15, 0.2) is 24.3 Å². The summed E-state index contributed by atoms with van der Waals surface area (Å²) >= 11 is 0. The average Bonchev–Trinajstić information content (AvgIpc) is 2.46. The van der Waals surface area contributed by atoms with Crippen molar-refractivity contribution in [2.75, 3.05) is 0 Å². The van der Waals surface area contributed by atoms with Crippen LogP contribution in [0.25, 0.3) is 0 Å². The normalized spacial score (nSPS) is 17.0. The van der Waals surface area contributed by atoms with E-state index in [2.05, 4.69) is 10.6 Å². The fourth-order valence-electron chi connectivity index (χ4n) is 2.66. The molecule has 1 aliphatic rings. The van der Waals surface area contributed by atoms with Gasteiger partial charge in [-0.1, -0.05) is 31.4 Å². The lowest BCUT2D eigenvalue weighted by Gasteiger charge is -2.33. The number of carboxylic acid groups (broad SMARTS) is 1. The number of phenolic OH excluding ortho intramolecular Hbond substituents is 1. The molecule has 0 heterocycles. The van der Waals surface area contributed by atoms with E-state index in [1.807, 2.05) is 0 Å². The van der Waals surface area contributed by atoms with Crippen molar-refractivity contribution in [2.45, 2.75) is 44.2 Å². The third kappa shape index (κ3) is 3.87. The van der Waals surface area contributed by atoms with E-state index in [0.29, 0.717) is 12.8 Å². The van der Waals surface area contributed by atoms with Gasteiger partial charge in [0.05, 0.1) is 0 Å². The molecule has 1 aromatic rings. The van der Waals surface area contributed by atoms with Crippen molar-refractivity contribution in [3.8, 4) is 5.75 Å². The van der Waals surface area contributed by atoms with Crippen LogP contribution in [-0.2, 0) is 11.3 Å². The average molecular weight is 292 g/mol. The molecule has 21 heavy (non-hydrogen) atoms. The third-order valence-corrected chi connectivity index (χ3v) is 3.83. The van der Waals surface area contributed by atoms with Crippen LogP contribution in [0.3, 0.4) is 0 Å². The molecular weight excluding hydrogens is 272 g/mol. The molecule has 1 aromatic carbocycles. The number of carbonyl (C=O) groups is 2. The zero-order valence-electron chi connectivity index (χ0n) is 11.8. The lowest BCUT2D eigenvalue weighted by Crippen LogP contribution is -2.57. The van der Waals surface area contributed by atoms with Crippen LogP contribution in [0.2, 0.25) is 0 Å². The first kappa shape index (κ1) is 15.2. The molecule has 4 N–H and O–H groups in total. The lowest BCUT2D eigenvalue weighted by atomic mass is 9.82. The standard InChI is InChI=1S/C15H20N2O4/c18-12-6-4-5-11(9-12)10-16-14(21)17-15(13(19)20)7-2-1-3-8-15/h4-6,9,18H,1-3,7-8,10H2,(H,19,20)(H2,16,17,21). The summed E-state index contributed by atoms with van der Waals surface area (Å²) in [5.41, 5.74) is -0.403. The number of aromatic hydroxyl groups is 1. The quantitative estimate of drug-likeness (QED) is 0.682. The summed E-state index contributed by atoms with van der Waals surface area (Å²) in [4.78, 5) is 23.4. The summed E-state index contributed by atoms with van der Waals surface area (Å²) < 4.78 is 0. The van der Waals surface area contributed by atoms with Crippen LogP contribution < -0.4 is 10.6 Å². The zero-order valence-corrected chi connectivity index (χ0v) is 11.8. The van der Waals surface area contributed by atoms with Gasteiger partial charge >= 0.3 is 12.0 Å². The second-order valence-electron chi connectivity index (χ2n) is 5.43. The maximum absolute atomic E-state index is 11.9. The molecule has 0 unspecified atom stereocenters. The lowest BCUT2D eigenvalue weighted by molar-refractivity contribution is -0.145. The monoisotopic (exact) mass is 292 g/mol. The van der Waals surface area contributed by atoms with E-state index >= 15 is 0 Å². The van der Waals surface area contributed by atoms with Gasteiger partial charge in [-0.25, -0.2) is 9.59 Å². The first-order valence-corrected chi connectivity index (χ1v) is 7.09. The Morgan fingerprint density at radius 2 is 1.90 bits per heavy atom. The smallest absolute Gasteiger partial charge is 0.329 e. The second kappa shape index (κ2) is 6.47. The molecule has 0 atom stereocenters. The molecule has 6 nitrogen and oxygen atoms in total. The van der Waals surface area contributed by atoms with Crippen LogP contribution in [-0.4, -0.2) is 27.8 Å². The Hall–Kier alpha value is -2.24. The minimum absolute atomic E-state index is 0.129. The van der Waals surface area contributed by atoms with Gasteiger partial charge in [-0.05, 0) is 30.5 Å². The van der Waals surface area contributed by atoms with Crippen molar-refractivity contribution < 1.29 is 19.8 Å². The Labute approximate surface area is 123 Å². The van der Waals surface area contributed by atoms with E-state index in [9.17, 15) is 19.8 Å². The van der Waals surface area contributed by atoms with Gasteiger partial charge in [-0.2, -0.15) is 0 Å². The molecular formula is C15H20N2O4. The summed E-state index contributed by atoms with van der Waals surface area (Å²) in [7, 11) is 0. The summed E-state index contributed by atoms with van der Waals surface area (Å²) in [6, 6.07) is 6.05. The summed E-state index contributed by atoms with van der Waals surface area (Å²) in [5, 5.41) is 24.0. The molecule has 114 valence electrons. The Morgan fingerprint density at radius 1 is 1.19 bits per heavy atom. The van der Waals surface area contributed by atoms with Gasteiger partial charge in [-0.3, -0.25) is 0 Å². The molecule has 0 aliphatic heterocycles. The fourth-order valence-corrected chi connectivity index (χ4v) is 2.66. The number of urea groups is 1. The molecule has 2 rings (SSSR count). The van der Waals surface area contributed by atoms with Gasteiger partial charge in [-0.15, -0.1) is 0 Å². The number of rotatable bonds is 4. The van der Waals surface area contributed by atoms with Gasteiger partial charge in [0.15, 0.2) is 0 Å². The molecule has 0 aromatic heterocycles. The minimum atomic E-state index is -1.15. The summed E-state index contributed by atoms with van der Waals surface area (Å²) in [6.45, 7) is 0.232. The molecule has 0 spiro atoms. The van der Waals surface area contributed by atoms with Crippen LogP contribution in [0.5, 0.6) is 5.75 Å². The number of hydrogen-bond donors (Lipinski definition) is 4. The van der Waals surface area contributed by atoms with Crippen LogP contribution in [0.1, 0.15) is 37.7 Å². The highest BCUT2D eigenvalue weighted by atomic mass is 16.4. The highest BCUT2D eigenvalue weighted by molar-refractivity contribution is 5.86. The highest BCUT2D eigenvalue weighted by Gasteiger charge is 2.40. The first-order valence-electron chi connectivity index (χ1n) is 7.09. The SMILES string of the molecule is O=C(NCc1cccc(O)c1)NC1(C(=O)O)CCCCC1.